The van der Waals surface area contributed by atoms with E-state index in [1.54, 1.807) is 24.3 Å². The van der Waals surface area contributed by atoms with E-state index in [2.05, 4.69) is 40.7 Å². The van der Waals surface area contributed by atoms with Crippen LogP contribution in [0.1, 0.15) is 56.4 Å². The summed E-state index contributed by atoms with van der Waals surface area (Å²) in [5, 5.41) is 5.91. The number of hydrogen-bond acceptors (Lipinski definition) is 5. The number of esters is 1. The lowest BCUT2D eigenvalue weighted by Crippen LogP contribution is -2.30. The zero-order valence-electron chi connectivity index (χ0n) is 20.0. The molecule has 1 aliphatic rings. The van der Waals surface area contributed by atoms with Gasteiger partial charge in [0.05, 0.1) is 18.1 Å². The molecule has 1 saturated carbocycles. The Balaban J connectivity index is 1.73. The van der Waals surface area contributed by atoms with Crippen molar-refractivity contribution in [1.29, 1.82) is 0 Å². The van der Waals surface area contributed by atoms with Gasteiger partial charge in [-0.25, -0.2) is 9.37 Å². The fourth-order valence-corrected chi connectivity index (χ4v) is 5.18. The molecule has 0 aliphatic heterocycles. The normalized spacial score (nSPS) is 19.6. The van der Waals surface area contributed by atoms with Crippen LogP contribution in [0.5, 0.6) is 0 Å². The van der Waals surface area contributed by atoms with Gasteiger partial charge in [-0.15, -0.1) is 0 Å². The fourth-order valence-electron chi connectivity index (χ4n) is 5.18. The highest BCUT2D eigenvalue weighted by Gasteiger charge is 2.34. The first-order valence-electron chi connectivity index (χ1n) is 11.5. The Morgan fingerprint density at radius 1 is 1.18 bits per heavy atom. The van der Waals surface area contributed by atoms with Crippen LogP contribution in [0.2, 0.25) is 0 Å². The van der Waals surface area contributed by atoms with E-state index in [-0.39, 0.29) is 29.7 Å². The van der Waals surface area contributed by atoms with Gasteiger partial charge in [0.25, 0.3) is 5.91 Å². The first kappa shape index (κ1) is 23.7. The van der Waals surface area contributed by atoms with Gasteiger partial charge in [0.15, 0.2) is 0 Å². The molecule has 1 aromatic heterocycles. The number of anilines is 2. The Morgan fingerprint density at radius 3 is 2.59 bits per heavy atom. The molecule has 1 heterocycles. The first-order valence-corrected chi connectivity index (χ1v) is 11.5. The SMILES string of the molecule is COC(=O)CNC(=O)c1ccc2c(c1)nc(Nc1ccc(F)cc1)n2C1CC(C)CC(C)(C)C1. The lowest BCUT2D eigenvalue weighted by Gasteiger charge is -2.40. The van der Waals surface area contributed by atoms with Crippen molar-refractivity contribution in [2.75, 3.05) is 19.0 Å². The van der Waals surface area contributed by atoms with Crippen molar-refractivity contribution in [3.05, 3.63) is 53.8 Å². The molecule has 1 fully saturated rings. The molecule has 1 aliphatic carbocycles. The van der Waals surface area contributed by atoms with Gasteiger partial charge in [0.1, 0.15) is 12.4 Å². The van der Waals surface area contributed by atoms with Crippen LogP contribution in [0.3, 0.4) is 0 Å². The summed E-state index contributed by atoms with van der Waals surface area (Å²) in [5.74, 6) is 0.0298. The summed E-state index contributed by atoms with van der Waals surface area (Å²) >= 11 is 0. The minimum absolute atomic E-state index is 0.194. The molecule has 34 heavy (non-hydrogen) atoms. The summed E-state index contributed by atoms with van der Waals surface area (Å²) in [7, 11) is 1.27. The Hall–Kier alpha value is -3.42. The molecule has 2 unspecified atom stereocenters. The van der Waals surface area contributed by atoms with Crippen molar-refractivity contribution in [2.24, 2.45) is 11.3 Å². The van der Waals surface area contributed by atoms with E-state index < -0.39 is 5.97 Å². The van der Waals surface area contributed by atoms with E-state index in [1.807, 2.05) is 6.07 Å². The number of imidazole rings is 1. The van der Waals surface area contributed by atoms with Gasteiger partial charge >= 0.3 is 5.97 Å². The van der Waals surface area contributed by atoms with Crippen LogP contribution in [-0.4, -0.2) is 35.1 Å². The quantitative estimate of drug-likeness (QED) is 0.487. The Labute approximate surface area is 198 Å². The van der Waals surface area contributed by atoms with E-state index in [1.165, 1.54) is 25.7 Å². The number of halogens is 1. The Kier molecular flexibility index (Phi) is 6.59. The lowest BCUT2D eigenvalue weighted by molar-refractivity contribution is -0.139. The smallest absolute Gasteiger partial charge is 0.325 e. The molecule has 0 radical (unpaired) electrons. The molecule has 2 N–H and O–H groups in total. The standard InChI is InChI=1S/C26H31FN4O3/c1-16-11-20(14-26(2,3)13-16)31-22-10-5-17(24(33)28-15-23(32)34-4)12-21(22)30-25(31)29-19-8-6-18(27)7-9-19/h5-10,12,16,20H,11,13-15H2,1-4H3,(H,28,33)(H,29,30). The van der Waals surface area contributed by atoms with Gasteiger partial charge in [-0.3, -0.25) is 9.59 Å². The minimum Gasteiger partial charge on any atom is -0.468 e. The maximum absolute atomic E-state index is 13.4. The van der Waals surface area contributed by atoms with Crippen LogP contribution in [0.15, 0.2) is 42.5 Å². The molecular weight excluding hydrogens is 435 g/mol. The summed E-state index contributed by atoms with van der Waals surface area (Å²) in [4.78, 5) is 28.7. The largest absolute Gasteiger partial charge is 0.468 e. The van der Waals surface area contributed by atoms with Gasteiger partial charge < -0.3 is 19.9 Å². The van der Waals surface area contributed by atoms with Crippen molar-refractivity contribution in [2.45, 2.75) is 46.1 Å². The maximum atomic E-state index is 13.4. The predicted octanol–water partition coefficient (Wildman–Crippen LogP) is 5.21. The molecule has 180 valence electrons. The number of ether oxygens (including phenoxy) is 1. The van der Waals surface area contributed by atoms with Gasteiger partial charge in [-0.1, -0.05) is 20.8 Å². The number of nitrogens with one attached hydrogen (secondary N) is 2. The zero-order valence-corrected chi connectivity index (χ0v) is 20.0. The number of rotatable bonds is 6. The van der Waals surface area contributed by atoms with Crippen LogP contribution in [0.4, 0.5) is 16.0 Å². The molecule has 3 aromatic rings. The van der Waals surface area contributed by atoms with Crippen LogP contribution in [0.25, 0.3) is 11.0 Å². The van der Waals surface area contributed by atoms with Gasteiger partial charge in [0, 0.05) is 17.3 Å². The maximum Gasteiger partial charge on any atom is 0.325 e. The van der Waals surface area contributed by atoms with Crippen LogP contribution in [0, 0.1) is 17.2 Å². The summed E-state index contributed by atoms with van der Waals surface area (Å²) in [6.45, 7) is 6.68. The molecule has 0 bridgehead atoms. The number of amides is 1. The number of methoxy groups -OCH3 is 1. The average Bonchev–Trinajstić information content (AvgIpc) is 3.14. The van der Waals surface area contributed by atoms with Crippen molar-refractivity contribution >= 4 is 34.5 Å². The number of aromatic nitrogens is 2. The highest BCUT2D eigenvalue weighted by molar-refractivity contribution is 5.99. The van der Waals surface area contributed by atoms with E-state index in [9.17, 15) is 14.0 Å². The highest BCUT2D eigenvalue weighted by atomic mass is 19.1. The Bertz CT molecular complexity index is 1200. The zero-order chi connectivity index (χ0) is 24.5. The molecule has 1 amide bonds. The van der Waals surface area contributed by atoms with Crippen LogP contribution in [-0.2, 0) is 9.53 Å². The second-order valence-electron chi connectivity index (χ2n) is 9.97. The van der Waals surface area contributed by atoms with E-state index in [0.29, 0.717) is 22.9 Å². The number of carbonyl (C=O) groups is 2. The van der Waals surface area contributed by atoms with E-state index in [4.69, 9.17) is 4.98 Å². The van der Waals surface area contributed by atoms with Crippen LogP contribution >= 0.6 is 0 Å². The Morgan fingerprint density at radius 2 is 1.91 bits per heavy atom. The van der Waals surface area contributed by atoms with Crippen molar-refractivity contribution in [1.82, 2.24) is 14.9 Å². The molecule has 0 saturated heterocycles. The van der Waals surface area contributed by atoms with E-state index in [0.717, 1.165) is 24.0 Å². The van der Waals surface area contributed by atoms with Gasteiger partial charge in [-0.2, -0.15) is 0 Å². The summed E-state index contributed by atoms with van der Waals surface area (Å²) in [6.07, 6.45) is 3.19. The number of nitrogens with zero attached hydrogens (tertiary/aromatic N) is 2. The number of hydrogen-bond donors (Lipinski definition) is 2. The van der Waals surface area contributed by atoms with Crippen molar-refractivity contribution < 1.29 is 18.7 Å². The summed E-state index contributed by atoms with van der Waals surface area (Å²) in [6, 6.07) is 11.8. The van der Waals surface area contributed by atoms with Gasteiger partial charge in [0.2, 0.25) is 5.95 Å². The third kappa shape index (κ3) is 5.21. The predicted molar refractivity (Wildman–Crippen MR) is 130 cm³/mol. The van der Waals surface area contributed by atoms with Crippen molar-refractivity contribution in [3.63, 3.8) is 0 Å². The molecule has 2 aromatic carbocycles. The monoisotopic (exact) mass is 466 g/mol. The first-order chi connectivity index (χ1) is 16.1. The molecule has 8 heteroatoms. The second-order valence-corrected chi connectivity index (χ2v) is 9.97. The molecule has 7 nitrogen and oxygen atoms in total. The number of carbonyl (C=O) groups excluding carboxylic acids is 2. The topological polar surface area (TPSA) is 85.2 Å². The molecule has 0 spiro atoms. The summed E-state index contributed by atoms with van der Waals surface area (Å²) < 4.78 is 20.2. The third-order valence-corrected chi connectivity index (χ3v) is 6.40. The highest BCUT2D eigenvalue weighted by Crippen LogP contribution is 2.46. The lowest BCUT2D eigenvalue weighted by atomic mass is 9.70. The van der Waals surface area contributed by atoms with E-state index >= 15 is 0 Å². The van der Waals surface area contributed by atoms with Gasteiger partial charge in [-0.05, 0) is 73.1 Å². The number of fused-ring (bicyclic) bond motifs is 1. The third-order valence-electron chi connectivity index (χ3n) is 6.40. The van der Waals surface area contributed by atoms with Crippen molar-refractivity contribution in [3.8, 4) is 0 Å². The average molecular weight is 467 g/mol. The van der Waals surface area contributed by atoms with Crippen LogP contribution < -0.4 is 10.6 Å². The second kappa shape index (κ2) is 9.44. The molecular formula is C26H31FN4O3. The summed E-state index contributed by atoms with van der Waals surface area (Å²) in [5.41, 5.74) is 2.93. The number of benzene rings is 2. The molecule has 4 rings (SSSR count). The molecule has 2 atom stereocenters. The minimum atomic E-state index is -0.515. The fraction of sp³-hybridized carbons (Fsp3) is 0.423.